The number of ether oxygens (including phenoxy) is 1. The molecule has 3 unspecified atom stereocenters. The number of carbonyl (C=O) groups is 3. The molecule has 3 atom stereocenters. The van der Waals surface area contributed by atoms with Crippen molar-refractivity contribution in [1.29, 1.82) is 0 Å². The second kappa shape index (κ2) is 13.5. The lowest BCUT2D eigenvalue weighted by atomic mass is 9.93. The fraction of sp³-hybridized carbons (Fsp3) is 0.679. The van der Waals surface area contributed by atoms with Crippen LogP contribution in [0.15, 0.2) is 18.2 Å². The van der Waals surface area contributed by atoms with Crippen molar-refractivity contribution in [1.82, 2.24) is 15.5 Å². The van der Waals surface area contributed by atoms with Gasteiger partial charge in [0.05, 0.1) is 0 Å². The Morgan fingerprint density at radius 1 is 1.06 bits per heavy atom. The van der Waals surface area contributed by atoms with Gasteiger partial charge >= 0.3 is 6.09 Å². The topological polar surface area (TPSA) is 87.7 Å². The van der Waals surface area contributed by atoms with E-state index in [2.05, 4.69) is 17.6 Å². The molecule has 0 heterocycles. The maximum atomic E-state index is 14.1. The molecule has 0 radical (unpaired) electrons. The molecule has 2 N–H and O–H groups in total. The molecule has 198 valence electrons. The van der Waals surface area contributed by atoms with Gasteiger partial charge in [0.2, 0.25) is 11.8 Å². The molecular weight excluding hydrogens is 442 g/mol. The number of nitrogens with one attached hydrogen (secondary N) is 2. The van der Waals surface area contributed by atoms with Gasteiger partial charge in [0, 0.05) is 12.6 Å². The predicted octanol–water partition coefficient (Wildman–Crippen LogP) is 5.44. The molecule has 1 rings (SSSR count). The number of benzene rings is 1. The molecule has 0 spiro atoms. The highest BCUT2D eigenvalue weighted by Gasteiger charge is 2.39. The number of carbonyl (C=O) groups excluding carboxylic acids is 3. The minimum atomic E-state index is -0.825. The maximum Gasteiger partial charge on any atom is 0.408 e. The van der Waals surface area contributed by atoms with Crippen molar-refractivity contribution in [3.05, 3.63) is 34.9 Å². The first kappa shape index (κ1) is 30.5. The zero-order chi connectivity index (χ0) is 26.9. The van der Waals surface area contributed by atoms with Gasteiger partial charge in [-0.05, 0) is 71.9 Å². The van der Waals surface area contributed by atoms with Crippen molar-refractivity contribution < 1.29 is 19.1 Å². The SMILES string of the molecule is CCCCNC(=O)C(c1ccc(C)cc1C)N(C(=O)C(NC(=O)OC(C)(C)C)C(C)CC)C(C)C. The van der Waals surface area contributed by atoms with Crippen LogP contribution in [0.5, 0.6) is 0 Å². The first-order valence-electron chi connectivity index (χ1n) is 12.9. The summed E-state index contributed by atoms with van der Waals surface area (Å²) in [4.78, 5) is 41.9. The molecule has 0 bridgehead atoms. The third kappa shape index (κ3) is 9.19. The highest BCUT2D eigenvalue weighted by Crippen LogP contribution is 2.29. The minimum absolute atomic E-state index is 0.154. The molecule has 0 saturated heterocycles. The maximum absolute atomic E-state index is 14.1. The molecule has 0 fully saturated rings. The molecule has 0 aliphatic heterocycles. The summed E-state index contributed by atoms with van der Waals surface area (Å²) < 4.78 is 5.44. The third-order valence-electron chi connectivity index (χ3n) is 6.04. The minimum Gasteiger partial charge on any atom is -0.444 e. The number of alkyl carbamates (subject to hydrolysis) is 1. The third-order valence-corrected chi connectivity index (χ3v) is 6.04. The molecule has 1 aromatic rings. The number of hydrogen-bond acceptors (Lipinski definition) is 4. The van der Waals surface area contributed by atoms with E-state index < -0.39 is 23.8 Å². The number of hydrogen-bond donors (Lipinski definition) is 2. The monoisotopic (exact) mass is 489 g/mol. The molecular formula is C28H47N3O4. The van der Waals surface area contributed by atoms with Gasteiger partial charge in [-0.25, -0.2) is 4.79 Å². The van der Waals surface area contributed by atoms with Crippen LogP contribution in [-0.4, -0.2) is 47.0 Å². The lowest BCUT2D eigenvalue weighted by Gasteiger charge is -2.39. The van der Waals surface area contributed by atoms with Crippen molar-refractivity contribution in [3.63, 3.8) is 0 Å². The first-order valence-corrected chi connectivity index (χ1v) is 12.9. The largest absolute Gasteiger partial charge is 0.444 e. The Bertz CT molecular complexity index is 860. The van der Waals surface area contributed by atoms with Crippen LogP contribution in [0.1, 0.15) is 97.4 Å². The van der Waals surface area contributed by atoms with Crippen molar-refractivity contribution in [2.45, 2.75) is 112 Å². The van der Waals surface area contributed by atoms with Gasteiger partial charge in [-0.3, -0.25) is 9.59 Å². The van der Waals surface area contributed by atoms with Crippen LogP contribution >= 0.6 is 0 Å². The fourth-order valence-corrected chi connectivity index (χ4v) is 3.99. The summed E-state index contributed by atoms with van der Waals surface area (Å²) in [5, 5.41) is 5.82. The summed E-state index contributed by atoms with van der Waals surface area (Å²) in [6.45, 7) is 19.6. The molecule has 0 aliphatic rings. The van der Waals surface area contributed by atoms with E-state index in [4.69, 9.17) is 4.74 Å². The van der Waals surface area contributed by atoms with Gasteiger partial charge in [-0.15, -0.1) is 0 Å². The Kier molecular flexibility index (Phi) is 11.7. The van der Waals surface area contributed by atoms with Crippen LogP contribution in [0, 0.1) is 19.8 Å². The van der Waals surface area contributed by atoms with E-state index in [0.717, 1.165) is 29.5 Å². The van der Waals surface area contributed by atoms with Crippen molar-refractivity contribution in [2.75, 3.05) is 6.54 Å². The highest BCUT2D eigenvalue weighted by molar-refractivity contribution is 5.92. The lowest BCUT2D eigenvalue weighted by Crippen LogP contribution is -2.57. The number of unbranched alkanes of at least 4 members (excludes halogenated alkanes) is 1. The highest BCUT2D eigenvalue weighted by atomic mass is 16.6. The smallest absolute Gasteiger partial charge is 0.408 e. The van der Waals surface area contributed by atoms with E-state index in [0.29, 0.717) is 13.0 Å². The standard InChI is InChI=1S/C28H47N3O4/c1-11-13-16-29-25(32)24(22-15-14-19(5)17-21(22)7)31(18(3)4)26(33)23(20(6)12-2)30-27(34)35-28(8,9)10/h14-15,17-18,20,23-24H,11-13,16H2,1-10H3,(H,29,32)(H,30,34). The van der Waals surface area contributed by atoms with Crippen molar-refractivity contribution >= 4 is 17.9 Å². The Hall–Kier alpha value is -2.57. The van der Waals surface area contributed by atoms with Crippen LogP contribution in [-0.2, 0) is 14.3 Å². The molecule has 3 amide bonds. The second-order valence-electron chi connectivity index (χ2n) is 10.8. The van der Waals surface area contributed by atoms with Gasteiger partial charge < -0.3 is 20.3 Å². The average Bonchev–Trinajstić information content (AvgIpc) is 2.74. The second-order valence-corrected chi connectivity index (χ2v) is 10.8. The Labute approximate surface area is 212 Å². The number of amides is 3. The van der Waals surface area contributed by atoms with Gasteiger partial charge in [-0.2, -0.15) is 0 Å². The molecule has 0 aliphatic carbocycles. The first-order chi connectivity index (χ1) is 16.2. The zero-order valence-corrected chi connectivity index (χ0v) is 23.5. The van der Waals surface area contributed by atoms with Gasteiger partial charge in [-0.1, -0.05) is 57.4 Å². The van der Waals surface area contributed by atoms with E-state index in [1.807, 2.05) is 59.7 Å². The van der Waals surface area contributed by atoms with Crippen molar-refractivity contribution in [2.24, 2.45) is 5.92 Å². The Morgan fingerprint density at radius 2 is 1.69 bits per heavy atom. The van der Waals surface area contributed by atoms with Gasteiger partial charge in [0.25, 0.3) is 0 Å². The van der Waals surface area contributed by atoms with Crippen LogP contribution in [0.3, 0.4) is 0 Å². The summed E-state index contributed by atoms with van der Waals surface area (Å²) in [5.41, 5.74) is 2.12. The van der Waals surface area contributed by atoms with Crippen molar-refractivity contribution in [3.8, 4) is 0 Å². The number of nitrogens with zero attached hydrogens (tertiary/aromatic N) is 1. The van der Waals surface area contributed by atoms with Crippen LogP contribution in [0.4, 0.5) is 4.79 Å². The lowest BCUT2D eigenvalue weighted by molar-refractivity contribution is -0.145. The predicted molar refractivity (Wildman–Crippen MR) is 141 cm³/mol. The fourth-order valence-electron chi connectivity index (χ4n) is 3.99. The molecule has 7 nitrogen and oxygen atoms in total. The summed E-state index contributed by atoms with van der Waals surface area (Å²) in [6.07, 6.45) is 1.85. The van der Waals surface area contributed by atoms with Crippen LogP contribution < -0.4 is 10.6 Å². The van der Waals surface area contributed by atoms with E-state index in [1.54, 1.807) is 25.7 Å². The summed E-state index contributed by atoms with van der Waals surface area (Å²) in [7, 11) is 0. The van der Waals surface area contributed by atoms with E-state index in [9.17, 15) is 14.4 Å². The molecule has 0 saturated carbocycles. The summed E-state index contributed by atoms with van der Waals surface area (Å²) in [6, 6.07) is 3.99. The van der Waals surface area contributed by atoms with E-state index >= 15 is 0 Å². The number of rotatable bonds is 11. The molecule has 35 heavy (non-hydrogen) atoms. The van der Waals surface area contributed by atoms with E-state index in [1.165, 1.54) is 0 Å². The Morgan fingerprint density at radius 3 is 2.17 bits per heavy atom. The average molecular weight is 490 g/mol. The zero-order valence-electron chi connectivity index (χ0n) is 23.5. The van der Waals surface area contributed by atoms with Gasteiger partial charge in [0.1, 0.15) is 17.7 Å². The molecule has 0 aromatic heterocycles. The Balaban J connectivity index is 3.50. The van der Waals surface area contributed by atoms with E-state index in [-0.39, 0.29) is 23.8 Å². The number of aryl methyl sites for hydroxylation is 2. The van der Waals surface area contributed by atoms with Gasteiger partial charge in [0.15, 0.2) is 0 Å². The molecule has 7 heteroatoms. The quantitative estimate of drug-likeness (QED) is 0.405. The summed E-state index contributed by atoms with van der Waals surface area (Å²) >= 11 is 0. The molecule has 1 aromatic carbocycles. The van der Waals surface area contributed by atoms with Crippen LogP contribution in [0.25, 0.3) is 0 Å². The van der Waals surface area contributed by atoms with Crippen LogP contribution in [0.2, 0.25) is 0 Å². The summed E-state index contributed by atoms with van der Waals surface area (Å²) in [5.74, 6) is -0.664. The normalized spacial score (nSPS) is 14.1.